The topological polar surface area (TPSA) is 43.1 Å². The van der Waals surface area contributed by atoms with E-state index in [4.69, 9.17) is 0 Å². The summed E-state index contributed by atoms with van der Waals surface area (Å²) in [5, 5.41) is 11.5. The van der Waals surface area contributed by atoms with Crippen molar-refractivity contribution >= 4 is 16.8 Å². The number of hydrogen-bond acceptors (Lipinski definition) is 2. The molecule has 0 heterocycles. The van der Waals surface area contributed by atoms with Gasteiger partial charge in [0.15, 0.2) is 0 Å². The van der Waals surface area contributed by atoms with Crippen molar-refractivity contribution in [3.05, 3.63) is 74.3 Å². The summed E-state index contributed by atoms with van der Waals surface area (Å²) in [7, 11) is 0. The second-order valence-electron chi connectivity index (χ2n) is 9.79. The van der Waals surface area contributed by atoms with Gasteiger partial charge >= 0.3 is 0 Å². The Morgan fingerprint density at radius 2 is 1.79 bits per heavy atom. The van der Waals surface area contributed by atoms with E-state index in [0.29, 0.717) is 23.7 Å². The van der Waals surface area contributed by atoms with E-state index >= 15 is 0 Å². The van der Waals surface area contributed by atoms with Crippen molar-refractivity contribution in [1.29, 1.82) is 0 Å². The van der Waals surface area contributed by atoms with Gasteiger partial charge in [0.25, 0.3) is 5.69 Å². The lowest BCUT2D eigenvalue weighted by atomic mass is 9.71. The SMILES string of the molecule is Cc1cccc2c1/C(=C1/c3ccc([N+](=O)[O-])cc3[C@H]3[C@@H]4CC[C@@H](C4)[C@@H]13)[C@@H](C)CC2. The third-order valence-corrected chi connectivity index (χ3v) is 8.40. The Bertz CT molecular complexity index is 1080. The highest BCUT2D eigenvalue weighted by molar-refractivity contribution is 5.98. The molecule has 0 aliphatic heterocycles. The van der Waals surface area contributed by atoms with Crippen molar-refractivity contribution in [2.75, 3.05) is 0 Å². The summed E-state index contributed by atoms with van der Waals surface area (Å²) in [6.45, 7) is 4.64. The number of benzene rings is 2. The summed E-state index contributed by atoms with van der Waals surface area (Å²) in [5.74, 6) is 3.06. The summed E-state index contributed by atoms with van der Waals surface area (Å²) in [5.41, 5.74) is 10.3. The third kappa shape index (κ3) is 2.30. The first-order valence-corrected chi connectivity index (χ1v) is 11.2. The van der Waals surface area contributed by atoms with Gasteiger partial charge in [0, 0.05) is 12.1 Å². The van der Waals surface area contributed by atoms with E-state index in [1.807, 2.05) is 6.07 Å². The van der Waals surface area contributed by atoms with Crippen LogP contribution in [-0.4, -0.2) is 4.92 Å². The van der Waals surface area contributed by atoms with Gasteiger partial charge in [0.05, 0.1) is 4.92 Å². The maximum absolute atomic E-state index is 11.5. The Labute approximate surface area is 172 Å². The molecule has 148 valence electrons. The largest absolute Gasteiger partial charge is 0.269 e. The molecule has 2 aromatic rings. The van der Waals surface area contributed by atoms with Crippen LogP contribution < -0.4 is 0 Å². The fourth-order valence-electron chi connectivity index (χ4n) is 7.33. The molecule has 0 amide bonds. The molecule has 0 N–H and O–H groups in total. The van der Waals surface area contributed by atoms with Crippen molar-refractivity contribution in [1.82, 2.24) is 0 Å². The first-order valence-electron chi connectivity index (χ1n) is 11.2. The molecule has 0 saturated heterocycles. The van der Waals surface area contributed by atoms with Crippen LogP contribution in [0.4, 0.5) is 5.69 Å². The zero-order valence-electron chi connectivity index (χ0n) is 17.2. The number of allylic oxidation sites excluding steroid dienone is 2. The fraction of sp³-hybridized carbons (Fsp3) is 0.462. The first-order chi connectivity index (χ1) is 14.0. The van der Waals surface area contributed by atoms with E-state index in [1.54, 1.807) is 17.2 Å². The Kier molecular flexibility index (Phi) is 3.63. The average Bonchev–Trinajstić information content (AvgIpc) is 3.40. The molecule has 4 aliphatic rings. The lowest BCUT2D eigenvalue weighted by molar-refractivity contribution is -0.384. The molecule has 29 heavy (non-hydrogen) atoms. The van der Waals surface area contributed by atoms with E-state index in [1.165, 1.54) is 53.5 Å². The van der Waals surface area contributed by atoms with E-state index in [-0.39, 0.29) is 10.6 Å². The highest BCUT2D eigenvalue weighted by Crippen LogP contribution is 2.67. The van der Waals surface area contributed by atoms with Crippen LogP contribution in [-0.2, 0) is 6.42 Å². The quantitative estimate of drug-likeness (QED) is 0.413. The number of nitro benzene ring substituents is 1. The zero-order valence-corrected chi connectivity index (χ0v) is 17.2. The van der Waals surface area contributed by atoms with Gasteiger partial charge in [0.1, 0.15) is 0 Å². The average molecular weight is 386 g/mol. The number of hydrogen-bond donors (Lipinski definition) is 0. The summed E-state index contributed by atoms with van der Waals surface area (Å²) < 4.78 is 0. The van der Waals surface area contributed by atoms with Crippen LogP contribution in [0.3, 0.4) is 0 Å². The monoisotopic (exact) mass is 385 g/mol. The van der Waals surface area contributed by atoms with Crippen LogP contribution in [0.25, 0.3) is 11.1 Å². The van der Waals surface area contributed by atoms with Crippen LogP contribution in [0.15, 0.2) is 36.4 Å². The molecule has 0 radical (unpaired) electrons. The second-order valence-corrected chi connectivity index (χ2v) is 9.79. The molecular weight excluding hydrogens is 358 g/mol. The highest BCUT2D eigenvalue weighted by Gasteiger charge is 2.55. The van der Waals surface area contributed by atoms with Gasteiger partial charge in [-0.15, -0.1) is 0 Å². The van der Waals surface area contributed by atoms with Gasteiger partial charge in [-0.25, -0.2) is 0 Å². The molecule has 2 aromatic carbocycles. The maximum atomic E-state index is 11.5. The first kappa shape index (κ1) is 17.4. The van der Waals surface area contributed by atoms with Crippen LogP contribution in [0, 0.1) is 40.7 Å². The van der Waals surface area contributed by atoms with Gasteiger partial charge in [0.2, 0.25) is 0 Å². The number of fused-ring (bicyclic) bond motifs is 8. The van der Waals surface area contributed by atoms with Crippen molar-refractivity contribution in [3.63, 3.8) is 0 Å². The van der Waals surface area contributed by atoms with Gasteiger partial charge in [-0.2, -0.15) is 0 Å². The van der Waals surface area contributed by atoms with E-state index in [2.05, 4.69) is 38.1 Å². The van der Waals surface area contributed by atoms with Crippen molar-refractivity contribution in [3.8, 4) is 0 Å². The normalized spacial score (nSPS) is 34.1. The minimum atomic E-state index is -0.226. The van der Waals surface area contributed by atoms with Gasteiger partial charge in [-0.3, -0.25) is 10.1 Å². The van der Waals surface area contributed by atoms with Crippen molar-refractivity contribution in [2.45, 2.75) is 51.9 Å². The van der Waals surface area contributed by atoms with Crippen LogP contribution >= 0.6 is 0 Å². The molecule has 0 unspecified atom stereocenters. The molecule has 2 bridgehead atoms. The molecule has 5 atom stereocenters. The van der Waals surface area contributed by atoms with Crippen LogP contribution in [0.1, 0.15) is 66.3 Å². The van der Waals surface area contributed by atoms with E-state index in [9.17, 15) is 10.1 Å². The molecule has 0 aromatic heterocycles. The minimum Gasteiger partial charge on any atom is -0.258 e. The molecule has 3 heteroatoms. The molecule has 2 saturated carbocycles. The van der Waals surface area contributed by atoms with E-state index < -0.39 is 0 Å². The predicted octanol–water partition coefficient (Wildman–Crippen LogP) is 6.54. The number of non-ortho nitro benzene ring substituents is 1. The number of nitrogens with zero attached hydrogens (tertiary/aromatic N) is 1. The van der Waals surface area contributed by atoms with E-state index in [0.717, 1.165) is 12.3 Å². The molecule has 3 nitrogen and oxygen atoms in total. The molecule has 0 spiro atoms. The standard InChI is InChI=1S/C26H27NO2/c1-14-4-3-5-16-7-6-15(2)23(22(14)16)26-20-11-10-19(27(28)29)13-21(20)24-17-8-9-18(12-17)25(24)26/h3-5,10-11,13,15,17-18,24-25H,6-9,12H2,1-2H3/b26-23-/t15-,17+,18-,24+,25+/m0/s1. The predicted molar refractivity (Wildman–Crippen MR) is 116 cm³/mol. The molecule has 2 fully saturated rings. The Morgan fingerprint density at radius 3 is 2.59 bits per heavy atom. The summed E-state index contributed by atoms with van der Waals surface area (Å²) in [6.07, 6.45) is 6.28. The van der Waals surface area contributed by atoms with Crippen molar-refractivity contribution in [2.24, 2.45) is 23.7 Å². The van der Waals surface area contributed by atoms with Gasteiger partial charge in [-0.05, 0) is 114 Å². The van der Waals surface area contributed by atoms with Crippen LogP contribution in [0.2, 0.25) is 0 Å². The molecule has 4 aliphatic carbocycles. The maximum Gasteiger partial charge on any atom is 0.269 e. The number of aryl methyl sites for hydroxylation is 2. The van der Waals surface area contributed by atoms with Crippen molar-refractivity contribution < 1.29 is 4.92 Å². The smallest absolute Gasteiger partial charge is 0.258 e. The lowest BCUT2D eigenvalue weighted by Gasteiger charge is -2.33. The molecular formula is C26H27NO2. The highest BCUT2D eigenvalue weighted by atomic mass is 16.6. The van der Waals surface area contributed by atoms with Crippen LogP contribution in [0.5, 0.6) is 0 Å². The lowest BCUT2D eigenvalue weighted by Crippen LogP contribution is -2.19. The third-order valence-electron chi connectivity index (χ3n) is 8.40. The Morgan fingerprint density at radius 1 is 1.00 bits per heavy atom. The summed E-state index contributed by atoms with van der Waals surface area (Å²) >= 11 is 0. The number of rotatable bonds is 1. The number of nitro groups is 1. The summed E-state index contributed by atoms with van der Waals surface area (Å²) in [6, 6.07) is 12.5. The van der Waals surface area contributed by atoms with Gasteiger partial charge in [-0.1, -0.05) is 25.1 Å². The molecule has 6 rings (SSSR count). The van der Waals surface area contributed by atoms with Gasteiger partial charge < -0.3 is 0 Å². The minimum absolute atomic E-state index is 0.226. The Balaban J connectivity index is 1.66. The summed E-state index contributed by atoms with van der Waals surface area (Å²) in [4.78, 5) is 11.3. The zero-order chi connectivity index (χ0) is 19.9. The fourth-order valence-corrected chi connectivity index (χ4v) is 7.33. The Hall–Kier alpha value is -2.42. The second kappa shape index (κ2) is 6.04.